The average Bonchev–Trinajstić information content (AvgIpc) is 3.85. The van der Waals surface area contributed by atoms with Gasteiger partial charge in [-0.05, 0) is 102 Å². The Labute approximate surface area is 300 Å². The van der Waals surface area contributed by atoms with Crippen molar-refractivity contribution in [1.82, 2.24) is 9.13 Å². The summed E-state index contributed by atoms with van der Waals surface area (Å²) in [7, 11) is 0. The van der Waals surface area contributed by atoms with Crippen LogP contribution in [0.25, 0.3) is 99.2 Å². The Bertz CT molecular complexity index is 3190. The fourth-order valence-corrected chi connectivity index (χ4v) is 8.38. The van der Waals surface area contributed by atoms with Crippen LogP contribution in [0.5, 0.6) is 0 Å². The topological polar surface area (TPSA) is 23.0 Å². The van der Waals surface area contributed by atoms with Crippen LogP contribution in [-0.4, -0.2) is 9.13 Å². The van der Waals surface area contributed by atoms with Gasteiger partial charge in [-0.3, -0.25) is 0 Å². The molecule has 0 saturated heterocycles. The van der Waals surface area contributed by atoms with Crippen molar-refractivity contribution in [2.24, 2.45) is 0 Å². The molecule has 3 nitrogen and oxygen atoms in total. The summed E-state index contributed by atoms with van der Waals surface area (Å²) in [6, 6.07) is 63.8. The van der Waals surface area contributed by atoms with Crippen LogP contribution in [0.3, 0.4) is 0 Å². The summed E-state index contributed by atoms with van der Waals surface area (Å²) < 4.78 is 11.0. The number of para-hydroxylation sites is 4. The second-order valence-corrected chi connectivity index (χ2v) is 13.8. The van der Waals surface area contributed by atoms with Crippen molar-refractivity contribution in [2.45, 2.75) is 6.92 Å². The Balaban J connectivity index is 1.11. The van der Waals surface area contributed by atoms with Gasteiger partial charge >= 0.3 is 0 Å². The highest BCUT2D eigenvalue weighted by atomic mass is 16.3. The Kier molecular flexibility index (Phi) is 6.17. The first-order valence-electron chi connectivity index (χ1n) is 17.8. The largest absolute Gasteiger partial charge is 0.456 e. The minimum Gasteiger partial charge on any atom is -0.456 e. The molecule has 11 rings (SSSR count). The quantitative estimate of drug-likeness (QED) is 0.184. The second kappa shape index (κ2) is 11.1. The fourth-order valence-electron chi connectivity index (χ4n) is 8.38. The van der Waals surface area contributed by atoms with E-state index in [1.54, 1.807) is 0 Å². The summed E-state index contributed by atoms with van der Waals surface area (Å²) in [6.45, 7) is 2.18. The highest BCUT2D eigenvalue weighted by Gasteiger charge is 2.19. The molecule has 0 fully saturated rings. The lowest BCUT2D eigenvalue weighted by atomic mass is 9.99. The molecular weight excluding hydrogens is 633 g/mol. The lowest BCUT2D eigenvalue weighted by Gasteiger charge is -2.15. The predicted octanol–water partition coefficient (Wildman–Crippen LogP) is 13.4. The van der Waals surface area contributed by atoms with E-state index in [1.807, 2.05) is 12.1 Å². The molecule has 0 amide bonds. The molecule has 244 valence electrons. The SMILES string of the molecule is Cc1ccc(-c2ccc3oc4ccccc4c3c2)c(-n2c3ccccc3c3cc(-c4ccc5c(c4)c4ccccc4n5-c4ccccc4)ccc32)c1. The van der Waals surface area contributed by atoms with Gasteiger partial charge in [0.2, 0.25) is 0 Å². The van der Waals surface area contributed by atoms with Crippen LogP contribution in [0.4, 0.5) is 0 Å². The molecule has 0 unspecified atom stereocenters. The first-order chi connectivity index (χ1) is 25.7. The smallest absolute Gasteiger partial charge is 0.135 e. The third-order valence-corrected chi connectivity index (χ3v) is 10.8. The molecule has 3 aromatic heterocycles. The molecule has 11 aromatic rings. The number of fused-ring (bicyclic) bond motifs is 9. The minimum atomic E-state index is 0.908. The molecule has 3 heterocycles. The van der Waals surface area contributed by atoms with Gasteiger partial charge < -0.3 is 13.6 Å². The van der Waals surface area contributed by atoms with Crippen molar-refractivity contribution in [1.29, 1.82) is 0 Å². The Hall–Kier alpha value is -6.84. The van der Waals surface area contributed by atoms with E-state index < -0.39 is 0 Å². The van der Waals surface area contributed by atoms with Crippen LogP contribution in [0.2, 0.25) is 0 Å². The third-order valence-electron chi connectivity index (χ3n) is 10.8. The summed E-state index contributed by atoms with van der Waals surface area (Å²) in [5.74, 6) is 0. The zero-order valence-corrected chi connectivity index (χ0v) is 28.5. The number of hydrogen-bond donors (Lipinski definition) is 0. The molecule has 0 saturated carbocycles. The number of aromatic nitrogens is 2. The van der Waals surface area contributed by atoms with Gasteiger partial charge in [0, 0.05) is 43.6 Å². The normalized spacial score (nSPS) is 11.9. The van der Waals surface area contributed by atoms with Gasteiger partial charge in [0.05, 0.1) is 27.8 Å². The molecule has 52 heavy (non-hydrogen) atoms. The van der Waals surface area contributed by atoms with Crippen LogP contribution in [0.15, 0.2) is 180 Å². The predicted molar refractivity (Wildman–Crippen MR) is 218 cm³/mol. The summed E-state index contributed by atoms with van der Waals surface area (Å²) in [5.41, 5.74) is 15.0. The molecule has 0 radical (unpaired) electrons. The van der Waals surface area contributed by atoms with Gasteiger partial charge in [0.1, 0.15) is 11.2 Å². The summed E-state index contributed by atoms with van der Waals surface area (Å²) in [6.07, 6.45) is 0. The zero-order chi connectivity index (χ0) is 34.3. The van der Waals surface area contributed by atoms with Crippen LogP contribution in [0.1, 0.15) is 5.56 Å². The van der Waals surface area contributed by atoms with Gasteiger partial charge in [-0.25, -0.2) is 0 Å². The molecule has 0 bridgehead atoms. The summed E-state index contributed by atoms with van der Waals surface area (Å²) in [5, 5.41) is 7.27. The third kappa shape index (κ3) is 4.26. The van der Waals surface area contributed by atoms with E-state index >= 15 is 0 Å². The number of nitrogens with zero attached hydrogens (tertiary/aromatic N) is 2. The van der Waals surface area contributed by atoms with E-state index in [1.165, 1.54) is 82.8 Å². The van der Waals surface area contributed by atoms with Crippen LogP contribution < -0.4 is 0 Å². The highest BCUT2D eigenvalue weighted by Crippen LogP contribution is 2.41. The van der Waals surface area contributed by atoms with Gasteiger partial charge in [-0.1, -0.05) is 103 Å². The molecule has 0 spiro atoms. The fraction of sp³-hybridized carbons (Fsp3) is 0.0204. The van der Waals surface area contributed by atoms with E-state index in [2.05, 4.69) is 180 Å². The zero-order valence-electron chi connectivity index (χ0n) is 28.5. The second-order valence-electron chi connectivity index (χ2n) is 13.8. The van der Waals surface area contributed by atoms with Crippen LogP contribution in [0, 0.1) is 6.92 Å². The first-order valence-corrected chi connectivity index (χ1v) is 17.8. The Morgan fingerprint density at radius 1 is 0.365 bits per heavy atom. The van der Waals surface area contributed by atoms with Gasteiger partial charge in [-0.15, -0.1) is 0 Å². The van der Waals surface area contributed by atoms with Crippen molar-refractivity contribution in [3.63, 3.8) is 0 Å². The molecule has 0 aliphatic heterocycles. The van der Waals surface area contributed by atoms with E-state index in [4.69, 9.17) is 4.42 Å². The van der Waals surface area contributed by atoms with Crippen LogP contribution >= 0.6 is 0 Å². The molecule has 0 N–H and O–H groups in total. The van der Waals surface area contributed by atoms with Gasteiger partial charge in [0.15, 0.2) is 0 Å². The first kappa shape index (κ1) is 28.9. The molecule has 0 aliphatic carbocycles. The maximum Gasteiger partial charge on any atom is 0.135 e. The number of aryl methyl sites for hydroxylation is 1. The number of furan rings is 1. The van der Waals surface area contributed by atoms with Crippen molar-refractivity contribution in [3.05, 3.63) is 181 Å². The molecule has 8 aromatic carbocycles. The number of rotatable bonds is 4. The summed E-state index contributed by atoms with van der Waals surface area (Å²) in [4.78, 5) is 0. The van der Waals surface area contributed by atoms with Crippen molar-refractivity contribution >= 4 is 65.6 Å². The maximum absolute atomic E-state index is 6.19. The molecule has 0 atom stereocenters. The average molecular weight is 665 g/mol. The highest BCUT2D eigenvalue weighted by molar-refractivity contribution is 6.13. The minimum absolute atomic E-state index is 0.908. The van der Waals surface area contributed by atoms with Crippen LogP contribution in [-0.2, 0) is 0 Å². The number of hydrogen-bond acceptors (Lipinski definition) is 1. The van der Waals surface area contributed by atoms with Crippen molar-refractivity contribution < 1.29 is 4.42 Å². The monoisotopic (exact) mass is 664 g/mol. The van der Waals surface area contributed by atoms with Crippen molar-refractivity contribution in [3.8, 4) is 33.6 Å². The van der Waals surface area contributed by atoms with Gasteiger partial charge in [0.25, 0.3) is 0 Å². The van der Waals surface area contributed by atoms with E-state index in [-0.39, 0.29) is 0 Å². The van der Waals surface area contributed by atoms with E-state index in [9.17, 15) is 0 Å². The van der Waals surface area contributed by atoms with E-state index in [0.29, 0.717) is 0 Å². The lowest BCUT2D eigenvalue weighted by molar-refractivity contribution is 0.669. The number of benzene rings is 8. The standard InChI is InChI=1S/C49H32N2O/c1-31-19-23-36(34-22-26-49-42(30-34)39-15-7-10-18-48(39)52-49)47(27-31)51-44-17-9-6-14-38(44)41-29-33(21-25-46(41)51)32-20-24-45-40(28-32)37-13-5-8-16-43(37)50(45)35-11-3-2-4-12-35/h2-30H,1H3. The molecule has 3 heteroatoms. The molecule has 0 aliphatic rings. The summed E-state index contributed by atoms with van der Waals surface area (Å²) >= 11 is 0. The maximum atomic E-state index is 6.19. The Morgan fingerprint density at radius 2 is 0.904 bits per heavy atom. The molecular formula is C49H32N2O. The van der Waals surface area contributed by atoms with Gasteiger partial charge in [-0.2, -0.15) is 0 Å². The Morgan fingerprint density at radius 3 is 1.63 bits per heavy atom. The van der Waals surface area contributed by atoms with Crippen molar-refractivity contribution in [2.75, 3.05) is 0 Å². The van der Waals surface area contributed by atoms with E-state index in [0.717, 1.165) is 21.9 Å². The lowest BCUT2D eigenvalue weighted by Crippen LogP contribution is -1.98.